The number of pyridine rings is 2. The summed E-state index contributed by atoms with van der Waals surface area (Å²) in [6, 6.07) is 16.9. The summed E-state index contributed by atoms with van der Waals surface area (Å²) in [7, 11) is 0. The molecular weight excluding hydrogens is 654 g/mol. The van der Waals surface area contributed by atoms with Crippen molar-refractivity contribution in [2.24, 2.45) is 10.8 Å². The minimum absolute atomic E-state index is 0.00444. The smallest absolute Gasteiger partial charge is 0.256 e. The lowest BCUT2D eigenvalue weighted by molar-refractivity contribution is -0.118. The Labute approximate surface area is 295 Å². The van der Waals surface area contributed by atoms with Crippen LogP contribution in [-0.2, 0) is 9.59 Å². The lowest BCUT2D eigenvalue weighted by Gasteiger charge is -2.17. The molecule has 266 valence electrons. The topological polar surface area (TPSA) is 212 Å². The van der Waals surface area contributed by atoms with E-state index in [1.807, 2.05) is 41.5 Å². The van der Waals surface area contributed by atoms with Crippen LogP contribution in [0.25, 0.3) is 0 Å². The quantitative estimate of drug-likeness (QED) is 0.0914. The number of phenols is 2. The number of benzene rings is 2. The molecular formula is C37H41N7O7. The van der Waals surface area contributed by atoms with Gasteiger partial charge in [0.2, 0.25) is 11.8 Å². The van der Waals surface area contributed by atoms with Crippen LogP contribution in [0.4, 0.5) is 29.0 Å². The Morgan fingerprint density at radius 2 is 0.922 bits per heavy atom. The van der Waals surface area contributed by atoms with E-state index < -0.39 is 29.2 Å². The van der Waals surface area contributed by atoms with Gasteiger partial charge in [-0.3, -0.25) is 24.0 Å². The molecule has 7 N–H and O–H groups in total. The molecule has 4 rings (SSSR count). The number of carbonyl (C=O) groups excluding carboxylic acids is 5. The van der Waals surface area contributed by atoms with Crippen molar-refractivity contribution in [3.8, 4) is 11.5 Å². The van der Waals surface area contributed by atoms with E-state index in [0.717, 1.165) is 12.1 Å². The molecule has 0 aliphatic heterocycles. The SMILES string of the molecule is CC(C)(C)CC(=O)Nc1cccc(NC(=O)c2cc(NC(=O)c3ccc(O)c(O)c3)cc(C(=O)Nc3cccc(NC(=O)CC(C)(C)C)n3)c2)n1. The highest BCUT2D eigenvalue weighted by Crippen LogP contribution is 2.26. The van der Waals surface area contributed by atoms with Crippen molar-refractivity contribution in [1.82, 2.24) is 9.97 Å². The van der Waals surface area contributed by atoms with E-state index in [1.165, 1.54) is 36.4 Å². The second-order valence-electron chi connectivity index (χ2n) is 14.3. The summed E-state index contributed by atoms with van der Waals surface area (Å²) in [5.41, 5.74) is -0.514. The number of phenolic OH excluding ortho intramolecular Hbond substituents is 2. The highest BCUT2D eigenvalue weighted by molar-refractivity contribution is 6.11. The first-order valence-corrected chi connectivity index (χ1v) is 16.0. The predicted molar refractivity (Wildman–Crippen MR) is 194 cm³/mol. The zero-order valence-corrected chi connectivity index (χ0v) is 29.2. The lowest BCUT2D eigenvalue weighted by Crippen LogP contribution is -2.21. The number of aromatic hydroxyl groups is 2. The standard InChI is InChI=1S/C37H41N7O7/c1-36(2,3)19-31(47)41-27-9-7-11-29(39-27)43-34(50)22-15-23(17-24(16-22)38-33(49)21-13-14-25(45)26(46)18-21)35(51)44-30-12-8-10-28(40-30)42-32(48)20-37(4,5)6/h7-18,45-46H,19-20H2,1-6H3,(H,38,49)(H2,39,41,43,47,50)(H2,40,42,44,48,51). The van der Waals surface area contributed by atoms with Crippen molar-refractivity contribution in [3.05, 3.63) is 89.5 Å². The Bertz CT molecular complexity index is 1880. The summed E-state index contributed by atoms with van der Waals surface area (Å²) in [5.74, 6) is -2.80. The van der Waals surface area contributed by atoms with E-state index >= 15 is 0 Å². The molecule has 0 radical (unpaired) electrons. The van der Waals surface area contributed by atoms with Crippen LogP contribution < -0.4 is 26.6 Å². The number of hydrogen-bond acceptors (Lipinski definition) is 9. The molecule has 2 aromatic heterocycles. The Kier molecular flexibility index (Phi) is 11.4. The van der Waals surface area contributed by atoms with Crippen LogP contribution in [0.2, 0.25) is 0 Å². The summed E-state index contributed by atoms with van der Waals surface area (Å²) < 4.78 is 0. The monoisotopic (exact) mass is 695 g/mol. The summed E-state index contributed by atoms with van der Waals surface area (Å²) >= 11 is 0. The van der Waals surface area contributed by atoms with Crippen LogP contribution in [0.1, 0.15) is 85.5 Å². The molecule has 14 nitrogen and oxygen atoms in total. The first-order valence-electron chi connectivity index (χ1n) is 16.0. The first-order chi connectivity index (χ1) is 23.8. The van der Waals surface area contributed by atoms with Gasteiger partial charge in [-0.05, 0) is 71.5 Å². The van der Waals surface area contributed by atoms with E-state index in [-0.39, 0.29) is 81.1 Å². The number of aromatic nitrogens is 2. The Morgan fingerprint density at radius 1 is 0.510 bits per heavy atom. The van der Waals surface area contributed by atoms with E-state index in [9.17, 15) is 34.2 Å². The van der Waals surface area contributed by atoms with Crippen LogP contribution in [0.15, 0.2) is 72.8 Å². The minimum atomic E-state index is -0.699. The van der Waals surface area contributed by atoms with Crippen LogP contribution in [0, 0.1) is 10.8 Å². The maximum Gasteiger partial charge on any atom is 0.256 e. The van der Waals surface area contributed by atoms with Gasteiger partial charge in [-0.25, -0.2) is 9.97 Å². The molecule has 0 bridgehead atoms. The van der Waals surface area contributed by atoms with Gasteiger partial charge in [0.25, 0.3) is 17.7 Å². The van der Waals surface area contributed by atoms with Crippen molar-refractivity contribution < 1.29 is 34.2 Å². The number of hydrogen-bond donors (Lipinski definition) is 7. The van der Waals surface area contributed by atoms with Gasteiger partial charge >= 0.3 is 0 Å². The third-order valence-corrected chi connectivity index (χ3v) is 6.85. The third-order valence-electron chi connectivity index (χ3n) is 6.85. The fourth-order valence-corrected chi connectivity index (χ4v) is 4.69. The molecule has 0 aliphatic rings. The van der Waals surface area contributed by atoms with Gasteiger partial charge < -0.3 is 36.8 Å². The summed E-state index contributed by atoms with van der Waals surface area (Å²) in [4.78, 5) is 73.5. The molecule has 0 saturated heterocycles. The molecule has 0 fully saturated rings. The Morgan fingerprint density at radius 3 is 1.33 bits per heavy atom. The molecule has 0 atom stereocenters. The molecule has 2 aromatic carbocycles. The van der Waals surface area contributed by atoms with E-state index in [4.69, 9.17) is 0 Å². The second-order valence-corrected chi connectivity index (χ2v) is 14.3. The number of nitrogens with one attached hydrogen (secondary N) is 5. The van der Waals surface area contributed by atoms with Gasteiger partial charge in [0, 0.05) is 35.2 Å². The van der Waals surface area contributed by atoms with Gasteiger partial charge in [0.15, 0.2) is 11.5 Å². The lowest BCUT2D eigenvalue weighted by atomic mass is 9.92. The normalized spacial score (nSPS) is 11.3. The minimum Gasteiger partial charge on any atom is -0.504 e. The molecule has 0 spiro atoms. The highest BCUT2D eigenvalue weighted by Gasteiger charge is 2.20. The molecule has 0 saturated carbocycles. The Balaban J connectivity index is 1.60. The number of anilines is 5. The largest absolute Gasteiger partial charge is 0.504 e. The van der Waals surface area contributed by atoms with Gasteiger partial charge in [0.1, 0.15) is 23.3 Å². The Hall–Kier alpha value is -6.31. The molecule has 5 amide bonds. The van der Waals surface area contributed by atoms with Crippen molar-refractivity contribution >= 4 is 58.5 Å². The number of rotatable bonds is 10. The maximum atomic E-state index is 13.5. The highest BCUT2D eigenvalue weighted by atomic mass is 16.3. The molecule has 0 unspecified atom stereocenters. The average Bonchev–Trinajstić information content (AvgIpc) is 3.00. The summed E-state index contributed by atoms with van der Waals surface area (Å²) in [5, 5.41) is 32.8. The van der Waals surface area contributed by atoms with Crippen LogP contribution >= 0.6 is 0 Å². The van der Waals surface area contributed by atoms with Crippen molar-refractivity contribution in [2.45, 2.75) is 54.4 Å². The summed E-state index contributed by atoms with van der Waals surface area (Å²) in [6.45, 7) is 11.6. The third kappa shape index (κ3) is 11.7. The van der Waals surface area contributed by atoms with E-state index in [0.29, 0.717) is 0 Å². The van der Waals surface area contributed by atoms with Crippen LogP contribution in [0.5, 0.6) is 11.5 Å². The van der Waals surface area contributed by atoms with Gasteiger partial charge in [-0.2, -0.15) is 0 Å². The van der Waals surface area contributed by atoms with Gasteiger partial charge in [-0.1, -0.05) is 53.7 Å². The molecule has 2 heterocycles. The van der Waals surface area contributed by atoms with E-state index in [2.05, 4.69) is 36.6 Å². The molecule has 0 aliphatic carbocycles. The van der Waals surface area contributed by atoms with Crippen molar-refractivity contribution in [2.75, 3.05) is 26.6 Å². The zero-order chi connectivity index (χ0) is 37.5. The maximum absolute atomic E-state index is 13.5. The van der Waals surface area contributed by atoms with Crippen molar-refractivity contribution in [3.63, 3.8) is 0 Å². The number of amides is 5. The van der Waals surface area contributed by atoms with Crippen molar-refractivity contribution in [1.29, 1.82) is 0 Å². The fourth-order valence-electron chi connectivity index (χ4n) is 4.69. The average molecular weight is 696 g/mol. The van der Waals surface area contributed by atoms with Gasteiger partial charge in [0.05, 0.1) is 0 Å². The molecule has 51 heavy (non-hydrogen) atoms. The second kappa shape index (κ2) is 15.5. The van der Waals surface area contributed by atoms with Crippen LogP contribution in [0.3, 0.4) is 0 Å². The number of carbonyl (C=O) groups is 5. The molecule has 14 heteroatoms. The fraction of sp³-hybridized carbons (Fsp3) is 0.270. The van der Waals surface area contributed by atoms with E-state index in [1.54, 1.807) is 24.3 Å². The molecule has 4 aromatic rings. The zero-order valence-electron chi connectivity index (χ0n) is 29.2. The predicted octanol–water partition coefficient (Wildman–Crippen LogP) is 6.39. The first kappa shape index (κ1) is 37.5. The van der Waals surface area contributed by atoms with Gasteiger partial charge in [-0.15, -0.1) is 0 Å². The van der Waals surface area contributed by atoms with Crippen LogP contribution in [-0.4, -0.2) is 49.7 Å². The summed E-state index contributed by atoms with van der Waals surface area (Å²) in [6.07, 6.45) is 0.508. The number of nitrogens with zero attached hydrogens (tertiary/aromatic N) is 2.